The number of unbranched alkanes of at least 4 members (excludes halogenated alkanes) is 3. The number of alkyl halides is 6. The van der Waals surface area contributed by atoms with Gasteiger partial charge >= 0.3 is 30.4 Å². The highest BCUT2D eigenvalue weighted by Crippen LogP contribution is 2.38. The third kappa shape index (κ3) is 13.3. The lowest BCUT2D eigenvalue weighted by molar-refractivity contribution is -0.192. The van der Waals surface area contributed by atoms with Gasteiger partial charge in [0.25, 0.3) is 0 Å². The molecule has 0 fully saturated rings. The number of aliphatic carboxylic acids is 1. The number of aromatic nitrogens is 1. The first kappa shape index (κ1) is 34.7. The molecule has 0 spiro atoms. The second kappa shape index (κ2) is 14.6. The summed E-state index contributed by atoms with van der Waals surface area (Å²) in [6.45, 7) is 8.46. The third-order valence-electron chi connectivity index (χ3n) is 4.33. The van der Waals surface area contributed by atoms with Crippen molar-refractivity contribution in [1.29, 1.82) is 0 Å². The van der Waals surface area contributed by atoms with Gasteiger partial charge in [0, 0.05) is 0 Å². The van der Waals surface area contributed by atoms with E-state index in [0.29, 0.717) is 12.5 Å². The summed E-state index contributed by atoms with van der Waals surface area (Å²) in [6.07, 6.45) is -7.19. The summed E-state index contributed by atoms with van der Waals surface area (Å²) in [6, 6.07) is 0.600. The largest absolute Gasteiger partial charge is 0.490 e. The molecule has 0 bridgehead atoms. The van der Waals surface area contributed by atoms with Crippen LogP contribution in [0.5, 0.6) is 5.88 Å². The van der Waals surface area contributed by atoms with Gasteiger partial charge in [0.15, 0.2) is 5.69 Å². The maximum atomic E-state index is 13.7. The van der Waals surface area contributed by atoms with Gasteiger partial charge in [0.05, 0.1) is 18.9 Å². The minimum absolute atomic E-state index is 0.489. The molecule has 0 aromatic carbocycles. The van der Waals surface area contributed by atoms with Crippen LogP contribution in [0.2, 0.25) is 0 Å². The number of ether oxygens (including phenoxy) is 3. The van der Waals surface area contributed by atoms with Crippen molar-refractivity contribution in [2.24, 2.45) is 0 Å². The highest BCUT2D eigenvalue weighted by atomic mass is 19.4. The molecule has 15 heteroatoms. The van der Waals surface area contributed by atoms with Crippen molar-refractivity contribution < 1.29 is 60.0 Å². The highest BCUT2D eigenvalue weighted by molar-refractivity contribution is 5.98. The van der Waals surface area contributed by atoms with Gasteiger partial charge in [-0.25, -0.2) is 19.4 Å². The molecule has 1 rings (SSSR count). The van der Waals surface area contributed by atoms with Gasteiger partial charge < -0.3 is 19.3 Å². The molecule has 9 nitrogen and oxygen atoms in total. The van der Waals surface area contributed by atoms with Crippen molar-refractivity contribution in [1.82, 2.24) is 4.98 Å². The number of nitrogens with zero attached hydrogens (tertiary/aromatic N) is 1. The lowest BCUT2D eigenvalue weighted by Gasteiger charge is -2.22. The number of amides is 1. The molecule has 1 amide bonds. The van der Waals surface area contributed by atoms with Crippen molar-refractivity contribution in [3.05, 3.63) is 17.3 Å². The van der Waals surface area contributed by atoms with Crippen LogP contribution in [0.25, 0.3) is 0 Å². The maximum absolute atomic E-state index is 13.7. The fraction of sp³-hybridized carbons (Fsp3) is 0.652. The number of halogens is 6. The summed E-state index contributed by atoms with van der Waals surface area (Å²) in [5.41, 5.74) is -3.12. The van der Waals surface area contributed by atoms with Crippen LogP contribution < -0.4 is 10.1 Å². The lowest BCUT2D eigenvalue weighted by atomic mass is 10.1. The van der Waals surface area contributed by atoms with E-state index >= 15 is 0 Å². The molecule has 218 valence electrons. The highest BCUT2D eigenvalue weighted by Gasteiger charge is 2.39. The molecule has 1 aromatic rings. The normalized spacial score (nSPS) is 12.5. The Bertz CT molecular complexity index is 944. The van der Waals surface area contributed by atoms with Crippen molar-refractivity contribution in [3.63, 3.8) is 0 Å². The van der Waals surface area contributed by atoms with Gasteiger partial charge in [-0.05, 0) is 46.6 Å². The molecule has 0 saturated carbocycles. The first-order chi connectivity index (χ1) is 17.2. The lowest BCUT2D eigenvalue weighted by Crippen LogP contribution is -2.28. The number of hydrogen-bond acceptors (Lipinski definition) is 7. The van der Waals surface area contributed by atoms with E-state index in [1.807, 2.05) is 0 Å². The third-order valence-corrected chi connectivity index (χ3v) is 4.33. The number of anilines is 1. The zero-order valence-electron chi connectivity index (χ0n) is 21.8. The number of carboxylic acid groups (broad SMARTS) is 1. The second-order valence-electron chi connectivity index (χ2n) is 8.93. The first-order valence-corrected chi connectivity index (χ1v) is 11.4. The molecule has 0 aliphatic carbocycles. The van der Waals surface area contributed by atoms with Crippen LogP contribution in [0.3, 0.4) is 0 Å². The van der Waals surface area contributed by atoms with E-state index in [1.54, 1.807) is 27.7 Å². The van der Waals surface area contributed by atoms with Crippen molar-refractivity contribution in [3.8, 4) is 5.88 Å². The number of rotatable bonds is 9. The SMILES string of the molecule is CCCCCCC(C)Oc1nc(C(=O)OC)c(NC(=O)OC(C)(C)C)cc1C(F)(F)F.O=C(O)C(F)(F)F. The summed E-state index contributed by atoms with van der Waals surface area (Å²) < 4.78 is 87.9. The number of carboxylic acids is 1. The molecular formula is C23H32F6N2O7. The van der Waals surface area contributed by atoms with E-state index in [9.17, 15) is 35.9 Å². The Morgan fingerprint density at radius 1 is 1.05 bits per heavy atom. The molecule has 0 aliphatic heterocycles. The van der Waals surface area contributed by atoms with Crippen LogP contribution in [-0.2, 0) is 20.4 Å². The Morgan fingerprint density at radius 3 is 2.03 bits per heavy atom. The number of carbonyl (C=O) groups excluding carboxylic acids is 2. The molecule has 0 aliphatic rings. The number of methoxy groups -OCH3 is 1. The smallest absolute Gasteiger partial charge is 0.475 e. The molecular weight excluding hydrogens is 530 g/mol. The van der Waals surface area contributed by atoms with Crippen molar-refractivity contribution in [2.75, 3.05) is 12.4 Å². The van der Waals surface area contributed by atoms with Gasteiger partial charge in [-0.3, -0.25) is 5.32 Å². The Balaban J connectivity index is 0.00000171. The standard InChI is InChI=1S/C21H31F3N2O5.C2HF3O2/c1-7-8-9-10-11-13(2)30-17-14(21(22,23)24)12-15(16(26-17)18(27)29-6)25-19(28)31-20(3,4)5;3-2(4,5)1(6)7/h12-13H,7-11H2,1-6H3,(H,25,28);(H,6,7). The fourth-order valence-electron chi connectivity index (χ4n) is 2.66. The Hall–Kier alpha value is -3.26. The minimum atomic E-state index is -5.08. The van der Waals surface area contributed by atoms with E-state index in [4.69, 9.17) is 19.4 Å². The maximum Gasteiger partial charge on any atom is 0.490 e. The van der Waals surface area contributed by atoms with Crippen LogP contribution >= 0.6 is 0 Å². The van der Waals surface area contributed by atoms with Crippen molar-refractivity contribution in [2.45, 2.75) is 90.8 Å². The molecule has 1 heterocycles. The van der Waals surface area contributed by atoms with Crippen LogP contribution in [0.1, 0.15) is 82.8 Å². The average molecular weight is 563 g/mol. The van der Waals surface area contributed by atoms with Crippen LogP contribution in [0, 0.1) is 0 Å². The summed E-state index contributed by atoms with van der Waals surface area (Å²) >= 11 is 0. The Kier molecular flexibility index (Phi) is 13.4. The molecule has 1 aromatic heterocycles. The van der Waals surface area contributed by atoms with E-state index in [1.165, 1.54) is 0 Å². The number of pyridine rings is 1. The number of esters is 1. The van der Waals surface area contributed by atoms with E-state index < -0.39 is 64.9 Å². The summed E-state index contributed by atoms with van der Waals surface area (Å²) in [7, 11) is 1.05. The predicted molar refractivity (Wildman–Crippen MR) is 123 cm³/mol. The molecule has 1 unspecified atom stereocenters. The van der Waals surface area contributed by atoms with E-state index in [-0.39, 0.29) is 0 Å². The van der Waals surface area contributed by atoms with Crippen molar-refractivity contribution >= 4 is 23.7 Å². The molecule has 1 atom stereocenters. The minimum Gasteiger partial charge on any atom is -0.475 e. The van der Waals surface area contributed by atoms with Gasteiger partial charge in [-0.1, -0.05) is 26.2 Å². The summed E-state index contributed by atoms with van der Waals surface area (Å²) in [5.74, 6) is -4.53. The van der Waals surface area contributed by atoms with E-state index in [2.05, 4.69) is 22.0 Å². The van der Waals surface area contributed by atoms with Gasteiger partial charge in [0.2, 0.25) is 5.88 Å². The fourth-order valence-corrected chi connectivity index (χ4v) is 2.66. The van der Waals surface area contributed by atoms with Gasteiger partial charge in [0.1, 0.15) is 11.2 Å². The zero-order valence-corrected chi connectivity index (χ0v) is 21.8. The van der Waals surface area contributed by atoms with E-state index in [0.717, 1.165) is 32.8 Å². The molecule has 0 saturated heterocycles. The quantitative estimate of drug-likeness (QED) is 0.196. The first-order valence-electron chi connectivity index (χ1n) is 11.4. The number of hydrogen-bond donors (Lipinski definition) is 2. The van der Waals surface area contributed by atoms with Gasteiger partial charge in [-0.2, -0.15) is 26.3 Å². The van der Waals surface area contributed by atoms with Crippen LogP contribution in [0.15, 0.2) is 6.07 Å². The molecule has 0 radical (unpaired) electrons. The zero-order chi connectivity index (χ0) is 29.9. The average Bonchev–Trinajstić information content (AvgIpc) is 2.74. The predicted octanol–water partition coefficient (Wildman–Crippen LogP) is 6.61. The Labute approximate surface area is 215 Å². The Morgan fingerprint density at radius 2 is 1.61 bits per heavy atom. The molecule has 38 heavy (non-hydrogen) atoms. The molecule has 2 N–H and O–H groups in total. The van der Waals surface area contributed by atoms with Gasteiger partial charge in [-0.15, -0.1) is 0 Å². The monoisotopic (exact) mass is 562 g/mol. The summed E-state index contributed by atoms with van der Waals surface area (Å²) in [5, 5.41) is 9.27. The summed E-state index contributed by atoms with van der Waals surface area (Å²) in [4.78, 5) is 36.8. The number of carbonyl (C=O) groups is 3. The number of nitrogens with one attached hydrogen (secondary N) is 1. The van der Waals surface area contributed by atoms with Crippen LogP contribution in [-0.4, -0.2) is 53.1 Å². The second-order valence-corrected chi connectivity index (χ2v) is 8.93. The van der Waals surface area contributed by atoms with Crippen LogP contribution in [0.4, 0.5) is 36.8 Å². The topological polar surface area (TPSA) is 124 Å².